The zero-order valence-electron chi connectivity index (χ0n) is 23.4. The van der Waals surface area contributed by atoms with E-state index >= 15 is 0 Å². The van der Waals surface area contributed by atoms with Gasteiger partial charge in [0.2, 0.25) is 0 Å². The molecule has 0 radical (unpaired) electrons. The van der Waals surface area contributed by atoms with Gasteiger partial charge in [-0.05, 0) is 66.6 Å². The van der Waals surface area contributed by atoms with E-state index in [1.54, 1.807) is 17.0 Å². The highest BCUT2D eigenvalue weighted by molar-refractivity contribution is 14.1. The third kappa shape index (κ3) is 6.49. The number of alkyl halides is 8. The molecule has 0 bridgehead atoms. The van der Waals surface area contributed by atoms with E-state index in [2.05, 4.69) is 20.3 Å². The number of rotatable bonds is 6. The largest absolute Gasteiger partial charge is 0.462 e. The molecule has 1 fully saturated rings. The molecule has 3 heterocycles. The second-order valence-electron chi connectivity index (χ2n) is 11.4. The Morgan fingerprint density at radius 1 is 0.932 bits per heavy atom. The topological polar surface area (TPSA) is 68.5 Å². The first-order valence-corrected chi connectivity index (χ1v) is 15.2. The smallest absolute Gasteiger partial charge is 0.415 e. The van der Waals surface area contributed by atoms with Crippen molar-refractivity contribution in [2.75, 3.05) is 22.9 Å². The highest BCUT2D eigenvalue weighted by Crippen LogP contribution is 2.50. The third-order valence-corrected chi connectivity index (χ3v) is 8.68. The summed E-state index contributed by atoms with van der Waals surface area (Å²) >= 11 is 1.39. The maximum Gasteiger partial charge on any atom is 0.462 e. The van der Waals surface area contributed by atoms with E-state index in [1.807, 2.05) is 0 Å². The molecule has 3 aliphatic rings. The number of aromatic nitrogens is 4. The fourth-order valence-corrected chi connectivity index (χ4v) is 6.80. The van der Waals surface area contributed by atoms with Gasteiger partial charge in [-0.3, -0.25) is 0 Å². The van der Waals surface area contributed by atoms with Crippen LogP contribution in [-0.2, 0) is 25.9 Å². The zero-order valence-corrected chi connectivity index (χ0v) is 25.6. The summed E-state index contributed by atoms with van der Waals surface area (Å²) in [5, 5.41) is 12.2. The standard InChI is InChI=1S/C28H28F7IN6O2/c1-40-38-25(37-39-40)42(15-17-9-18(26(29,30)31)11-19(10-17)27(32,33)34)21-7-4-8-41(14-16-5-2-3-6-16)22-13-24-23(12-20(21)22)43-28(35,36)44-24/h9-13,16,21H,2-8,14-15H2,1H3/t21-,28?/m0/s1. The lowest BCUT2D eigenvalue weighted by atomic mass is 9.97. The van der Waals surface area contributed by atoms with Crippen LogP contribution in [0.3, 0.4) is 0 Å². The van der Waals surface area contributed by atoms with Crippen molar-refractivity contribution in [1.82, 2.24) is 20.2 Å². The van der Waals surface area contributed by atoms with E-state index in [0.29, 0.717) is 43.0 Å². The average Bonchev–Trinajstić information content (AvgIpc) is 3.64. The number of aryl methyl sites for hydroxylation is 1. The summed E-state index contributed by atoms with van der Waals surface area (Å²) in [6.07, 6.45) is -4.49. The molecule has 0 saturated heterocycles. The molecule has 8 nitrogen and oxygen atoms in total. The summed E-state index contributed by atoms with van der Waals surface area (Å²) in [4.78, 5) is 4.91. The van der Waals surface area contributed by atoms with Gasteiger partial charge in [-0.1, -0.05) is 17.9 Å². The Balaban J connectivity index is 1.46. The maximum absolute atomic E-state index is 14.8. The number of hydrogen-bond donors (Lipinski definition) is 0. The Hall–Kier alpha value is -3.05. The fraction of sp³-hybridized carbons (Fsp3) is 0.536. The molecule has 1 unspecified atom stereocenters. The van der Waals surface area contributed by atoms with Crippen LogP contribution < -0.4 is 19.3 Å². The molecule has 1 aromatic heterocycles. The van der Waals surface area contributed by atoms with Crippen molar-refractivity contribution in [2.24, 2.45) is 13.0 Å². The number of fused-ring (bicyclic) bond motifs is 2. The summed E-state index contributed by atoms with van der Waals surface area (Å²) in [7, 11) is 1.50. The van der Waals surface area contributed by atoms with Crippen molar-refractivity contribution < 1.29 is 40.2 Å². The Labute approximate surface area is 261 Å². The molecule has 44 heavy (non-hydrogen) atoms. The van der Waals surface area contributed by atoms with Crippen LogP contribution in [0.5, 0.6) is 11.5 Å². The maximum atomic E-state index is 14.8. The molecule has 3 aromatic rings. The summed E-state index contributed by atoms with van der Waals surface area (Å²) in [6.45, 7) is 0.990. The lowest BCUT2D eigenvalue weighted by Crippen LogP contribution is -2.31. The summed E-state index contributed by atoms with van der Waals surface area (Å²) in [6, 6.07) is 4.21. The number of nitrogens with zero attached hydrogens (tertiary/aromatic N) is 6. The third-order valence-electron chi connectivity index (χ3n) is 8.24. The molecule has 16 heteroatoms. The van der Waals surface area contributed by atoms with Gasteiger partial charge in [0.1, 0.15) is 0 Å². The van der Waals surface area contributed by atoms with Gasteiger partial charge in [0.05, 0.1) is 46.8 Å². The molecule has 6 rings (SSSR count). The highest BCUT2D eigenvalue weighted by atomic mass is 127. The van der Waals surface area contributed by atoms with Gasteiger partial charge in [0.15, 0.2) is 11.5 Å². The number of ether oxygens (including phenoxy) is 2. The van der Waals surface area contributed by atoms with Crippen LogP contribution in [0.15, 0.2) is 30.3 Å². The van der Waals surface area contributed by atoms with E-state index in [1.165, 1.54) is 29.6 Å². The normalized spacial score (nSPS) is 22.3. The number of hydrogen-bond acceptors (Lipinski definition) is 7. The van der Waals surface area contributed by atoms with Crippen LogP contribution >= 0.6 is 22.6 Å². The quantitative estimate of drug-likeness (QED) is 0.147. The minimum atomic E-state index is -5.00. The molecule has 0 amide bonds. The summed E-state index contributed by atoms with van der Waals surface area (Å²) in [5.41, 5.74) is -1.69. The predicted molar refractivity (Wildman–Crippen MR) is 153 cm³/mol. The Kier molecular flexibility index (Phi) is 8.01. The molecule has 1 saturated carbocycles. The van der Waals surface area contributed by atoms with Crippen LogP contribution in [0.1, 0.15) is 66.8 Å². The van der Waals surface area contributed by atoms with Crippen LogP contribution in [0.25, 0.3) is 0 Å². The first kappa shape index (κ1) is 31.0. The van der Waals surface area contributed by atoms with Gasteiger partial charge >= 0.3 is 16.4 Å². The van der Waals surface area contributed by atoms with E-state index in [9.17, 15) is 30.7 Å². The fourth-order valence-electron chi connectivity index (χ4n) is 6.33. The molecule has 2 aliphatic heterocycles. The Bertz CT molecular complexity index is 1490. The van der Waals surface area contributed by atoms with Crippen LogP contribution in [-0.4, -0.2) is 37.3 Å². The van der Waals surface area contributed by atoms with Crippen molar-refractivity contribution in [1.29, 1.82) is 0 Å². The van der Waals surface area contributed by atoms with Gasteiger partial charge in [0, 0.05) is 37.0 Å². The first-order chi connectivity index (χ1) is 20.7. The molecule has 1 aliphatic carbocycles. The van der Waals surface area contributed by atoms with Crippen molar-refractivity contribution in [3.05, 3.63) is 52.6 Å². The number of tetrazole rings is 1. The summed E-state index contributed by atoms with van der Waals surface area (Å²) in [5.74, 6) is 0.817. The lowest BCUT2D eigenvalue weighted by Gasteiger charge is -2.33. The molecular weight excluding hydrogens is 712 g/mol. The van der Waals surface area contributed by atoms with Crippen molar-refractivity contribution in [2.45, 2.75) is 67.5 Å². The van der Waals surface area contributed by atoms with Crippen molar-refractivity contribution >= 4 is 34.2 Å². The highest BCUT2D eigenvalue weighted by Gasteiger charge is 2.42. The second kappa shape index (κ2) is 11.4. The molecule has 0 spiro atoms. The van der Waals surface area contributed by atoms with Gasteiger partial charge in [-0.25, -0.2) is 0 Å². The SMILES string of the molecule is Cn1nnc(N(Cc2cc(C(F)(F)F)cc(C(F)(F)F)c2)[C@H]2CCCN(CC3CCCC3)c3cc4c(cc32)OC(F)(I)O4)n1. The van der Waals surface area contributed by atoms with Gasteiger partial charge in [0.25, 0.3) is 5.95 Å². The molecule has 238 valence electrons. The molecule has 2 atom stereocenters. The van der Waals surface area contributed by atoms with Crippen molar-refractivity contribution in [3.8, 4) is 11.5 Å². The van der Waals surface area contributed by atoms with Gasteiger partial charge in [-0.2, -0.15) is 31.1 Å². The van der Waals surface area contributed by atoms with Crippen molar-refractivity contribution in [3.63, 3.8) is 0 Å². The minimum absolute atomic E-state index is 0.0186. The van der Waals surface area contributed by atoms with E-state index < -0.39 is 33.6 Å². The first-order valence-electron chi connectivity index (χ1n) is 14.1. The van der Waals surface area contributed by atoms with Crippen LogP contribution in [0.2, 0.25) is 0 Å². The van der Waals surface area contributed by atoms with E-state index in [4.69, 9.17) is 9.47 Å². The van der Waals surface area contributed by atoms with Gasteiger partial charge < -0.3 is 19.3 Å². The Morgan fingerprint density at radius 3 is 2.16 bits per heavy atom. The average molecular weight is 740 g/mol. The molecule has 0 N–H and O–H groups in total. The molecule has 2 aromatic carbocycles. The number of anilines is 2. The lowest BCUT2D eigenvalue weighted by molar-refractivity contribution is -0.143. The van der Waals surface area contributed by atoms with E-state index in [0.717, 1.165) is 42.7 Å². The summed E-state index contributed by atoms with van der Waals surface area (Å²) < 4.78 is 105. The monoisotopic (exact) mass is 740 g/mol. The second-order valence-corrected chi connectivity index (χ2v) is 12.7. The Morgan fingerprint density at radius 2 is 1.57 bits per heavy atom. The predicted octanol–water partition coefficient (Wildman–Crippen LogP) is 7.57. The van der Waals surface area contributed by atoms with E-state index in [-0.39, 0.29) is 35.6 Å². The minimum Gasteiger partial charge on any atom is -0.415 e. The van der Waals surface area contributed by atoms with Crippen LogP contribution in [0, 0.1) is 5.92 Å². The van der Waals surface area contributed by atoms with Crippen LogP contribution in [0.4, 0.5) is 42.4 Å². The number of halogens is 8. The van der Waals surface area contributed by atoms with Gasteiger partial charge in [-0.15, -0.1) is 9.49 Å². The number of benzene rings is 2. The zero-order chi connectivity index (χ0) is 31.4. The molecular formula is C28H28F7IN6O2.